The van der Waals surface area contributed by atoms with Crippen molar-refractivity contribution in [3.05, 3.63) is 56.1 Å². The summed E-state index contributed by atoms with van der Waals surface area (Å²) in [7, 11) is 0. The van der Waals surface area contributed by atoms with Crippen molar-refractivity contribution in [3.8, 4) is 11.3 Å². The number of halogens is 1. The molecule has 0 bridgehead atoms. The Morgan fingerprint density at radius 1 is 1.45 bits per heavy atom. The van der Waals surface area contributed by atoms with Crippen LogP contribution in [0.2, 0.25) is 5.02 Å². The zero-order valence-corrected chi connectivity index (χ0v) is 19.1. The van der Waals surface area contributed by atoms with Gasteiger partial charge in [-0.1, -0.05) is 35.6 Å². The normalized spacial score (nSPS) is 16.2. The van der Waals surface area contributed by atoms with Crippen molar-refractivity contribution in [1.29, 1.82) is 0 Å². The quantitative estimate of drug-likeness (QED) is 0.234. The molecule has 0 aliphatic carbocycles. The van der Waals surface area contributed by atoms with E-state index in [1.807, 2.05) is 6.26 Å². The van der Waals surface area contributed by atoms with Crippen LogP contribution in [0.5, 0.6) is 0 Å². The minimum absolute atomic E-state index is 0.140. The maximum absolute atomic E-state index is 12.8. The van der Waals surface area contributed by atoms with Crippen molar-refractivity contribution in [3.63, 3.8) is 0 Å². The van der Waals surface area contributed by atoms with Crippen LogP contribution in [0, 0.1) is 10.1 Å². The number of nitrogens with zero attached hydrogens (tertiary/aromatic N) is 2. The maximum atomic E-state index is 12.8. The number of hydrogen-bond donors (Lipinski definition) is 1. The average Bonchev–Trinajstić information content (AvgIpc) is 3.27. The molecule has 2 heterocycles. The number of hydrogen-bond acceptors (Lipinski definition) is 8. The molecule has 1 aliphatic heterocycles. The molecule has 0 spiro atoms. The molecule has 1 saturated heterocycles. The molecule has 1 fully saturated rings. The average molecular weight is 499 g/mol. The van der Waals surface area contributed by atoms with Gasteiger partial charge in [0.15, 0.2) is 0 Å². The highest BCUT2D eigenvalue weighted by molar-refractivity contribution is 8.26. The molecule has 2 aromatic rings. The van der Waals surface area contributed by atoms with Crippen LogP contribution in [0.1, 0.15) is 12.2 Å². The highest BCUT2D eigenvalue weighted by atomic mass is 35.5. The summed E-state index contributed by atoms with van der Waals surface area (Å²) in [5.74, 6) is -0.328. The van der Waals surface area contributed by atoms with Gasteiger partial charge < -0.3 is 9.52 Å². The Morgan fingerprint density at radius 3 is 2.81 bits per heavy atom. The van der Waals surface area contributed by atoms with E-state index in [-0.39, 0.29) is 26.4 Å². The third kappa shape index (κ3) is 5.12. The predicted octanol–water partition coefficient (Wildman–Crippen LogP) is 4.92. The first kappa shape index (κ1) is 23.3. The lowest BCUT2D eigenvalue weighted by Gasteiger charge is -2.22. The molecule has 0 radical (unpaired) electrons. The second kappa shape index (κ2) is 9.86. The number of non-ortho nitro benzene ring substituents is 1. The van der Waals surface area contributed by atoms with Crippen molar-refractivity contribution in [2.45, 2.75) is 12.5 Å². The van der Waals surface area contributed by atoms with Crippen molar-refractivity contribution < 1.29 is 24.0 Å². The number of carboxylic acids is 1. The zero-order chi connectivity index (χ0) is 22.7. The first-order valence-corrected chi connectivity index (χ1v) is 11.8. The van der Waals surface area contributed by atoms with Gasteiger partial charge in [0.25, 0.3) is 11.6 Å². The minimum Gasteiger partial charge on any atom is -0.480 e. The van der Waals surface area contributed by atoms with Crippen LogP contribution in [-0.4, -0.2) is 49.2 Å². The molecule has 0 saturated carbocycles. The Labute approximate surface area is 195 Å². The number of furan rings is 1. The van der Waals surface area contributed by atoms with Crippen LogP contribution >= 0.6 is 47.3 Å². The summed E-state index contributed by atoms with van der Waals surface area (Å²) in [4.78, 5) is 36.1. The third-order valence-electron chi connectivity index (χ3n) is 4.34. The van der Waals surface area contributed by atoms with Crippen molar-refractivity contribution in [2.24, 2.45) is 0 Å². The third-order valence-corrected chi connectivity index (χ3v) is 6.63. The lowest BCUT2D eigenvalue weighted by Crippen LogP contribution is -2.44. The summed E-state index contributed by atoms with van der Waals surface area (Å²) < 4.78 is 5.90. The minimum atomic E-state index is -1.11. The molecule has 1 N–H and O–H groups in total. The Morgan fingerprint density at radius 2 is 2.19 bits per heavy atom. The number of nitro groups is 1. The van der Waals surface area contributed by atoms with E-state index >= 15 is 0 Å². The molecule has 162 valence electrons. The van der Waals surface area contributed by atoms with Gasteiger partial charge in [-0.05, 0) is 36.6 Å². The summed E-state index contributed by atoms with van der Waals surface area (Å²) in [6, 6.07) is 6.23. The van der Waals surface area contributed by atoms with E-state index in [1.165, 1.54) is 36.0 Å². The van der Waals surface area contributed by atoms with Gasteiger partial charge in [-0.25, -0.2) is 4.79 Å². The molecule has 0 unspecified atom stereocenters. The van der Waals surface area contributed by atoms with Gasteiger partial charge in [0.1, 0.15) is 21.9 Å². The van der Waals surface area contributed by atoms with E-state index in [9.17, 15) is 24.8 Å². The molecule has 1 aromatic heterocycles. The Bertz CT molecular complexity index is 1100. The molecule has 3 rings (SSSR count). The molecule has 1 atom stereocenters. The van der Waals surface area contributed by atoms with Gasteiger partial charge in [0.05, 0.1) is 14.9 Å². The zero-order valence-electron chi connectivity index (χ0n) is 15.9. The number of carbonyl (C=O) groups is 2. The molecule has 1 aromatic carbocycles. The SMILES string of the molecule is CSCC[C@@H](C(=O)O)N1C(=O)/C(=C\c2ccc(-c3ccc([N+](=O)[O-])cc3Cl)o2)SC1=S. The number of carbonyl (C=O) groups excluding carboxylic acids is 1. The van der Waals surface area contributed by atoms with E-state index in [4.69, 9.17) is 28.2 Å². The molecule has 1 amide bonds. The second-order valence-corrected chi connectivity index (χ2v) is 9.38. The number of nitro benzene ring substituents is 1. The number of aliphatic carboxylic acids is 1. The van der Waals surface area contributed by atoms with Gasteiger partial charge in [0.2, 0.25) is 0 Å². The number of carboxylic acid groups (broad SMARTS) is 1. The van der Waals surface area contributed by atoms with Crippen molar-refractivity contribution in [2.75, 3.05) is 12.0 Å². The number of benzene rings is 1. The second-order valence-electron chi connectivity index (χ2n) is 6.31. The highest BCUT2D eigenvalue weighted by Gasteiger charge is 2.40. The first-order chi connectivity index (χ1) is 14.7. The fourth-order valence-corrected chi connectivity index (χ4v) is 4.93. The van der Waals surface area contributed by atoms with Gasteiger partial charge in [-0.2, -0.15) is 11.8 Å². The highest BCUT2D eigenvalue weighted by Crippen LogP contribution is 2.37. The van der Waals surface area contributed by atoms with E-state index in [1.54, 1.807) is 12.1 Å². The Hall–Kier alpha value is -2.34. The van der Waals surface area contributed by atoms with Crippen LogP contribution in [0.25, 0.3) is 17.4 Å². The van der Waals surface area contributed by atoms with Crippen LogP contribution in [-0.2, 0) is 9.59 Å². The number of thiocarbonyl (C=S) groups is 1. The maximum Gasteiger partial charge on any atom is 0.326 e. The number of rotatable bonds is 8. The monoisotopic (exact) mass is 498 g/mol. The Balaban J connectivity index is 1.84. The van der Waals surface area contributed by atoms with Crippen molar-refractivity contribution in [1.82, 2.24) is 4.90 Å². The van der Waals surface area contributed by atoms with E-state index in [0.717, 1.165) is 16.7 Å². The molecular formula is C19H15ClN2O6S3. The van der Waals surface area contributed by atoms with Crippen LogP contribution in [0.15, 0.2) is 39.7 Å². The molecule has 31 heavy (non-hydrogen) atoms. The van der Waals surface area contributed by atoms with Gasteiger partial charge in [-0.3, -0.25) is 19.8 Å². The summed E-state index contributed by atoms with van der Waals surface area (Å²) in [6.45, 7) is 0. The summed E-state index contributed by atoms with van der Waals surface area (Å²) in [6.07, 6.45) is 3.62. The number of amides is 1. The standard InChI is InChI=1S/C19H15ClN2O6S3/c1-30-7-6-14(18(24)25)21-17(23)16(31-19(21)29)9-11-3-5-15(28-11)12-4-2-10(22(26)27)8-13(12)20/h2-5,8-9,14H,6-7H2,1H3,(H,24,25)/b16-9+/t14-/m0/s1. The first-order valence-electron chi connectivity index (χ1n) is 8.76. The van der Waals surface area contributed by atoms with E-state index in [2.05, 4.69) is 0 Å². The van der Waals surface area contributed by atoms with Crippen LogP contribution in [0.4, 0.5) is 5.69 Å². The smallest absolute Gasteiger partial charge is 0.326 e. The van der Waals surface area contributed by atoms with Crippen LogP contribution < -0.4 is 0 Å². The fourth-order valence-electron chi connectivity index (χ4n) is 2.86. The van der Waals surface area contributed by atoms with Crippen molar-refractivity contribution >= 4 is 75.3 Å². The van der Waals surface area contributed by atoms with Gasteiger partial charge in [-0.15, -0.1) is 0 Å². The fraction of sp³-hybridized carbons (Fsp3) is 0.211. The molecule has 12 heteroatoms. The van der Waals surface area contributed by atoms with E-state index in [0.29, 0.717) is 22.8 Å². The topological polar surface area (TPSA) is 114 Å². The number of thioether (sulfide) groups is 2. The lowest BCUT2D eigenvalue weighted by molar-refractivity contribution is -0.384. The summed E-state index contributed by atoms with van der Waals surface area (Å²) in [5.41, 5.74) is 0.320. The lowest BCUT2D eigenvalue weighted by atomic mass is 10.1. The largest absolute Gasteiger partial charge is 0.480 e. The summed E-state index contributed by atoms with van der Waals surface area (Å²) >= 11 is 13.9. The van der Waals surface area contributed by atoms with E-state index < -0.39 is 22.8 Å². The van der Waals surface area contributed by atoms with Crippen LogP contribution in [0.3, 0.4) is 0 Å². The van der Waals surface area contributed by atoms with Gasteiger partial charge in [0, 0.05) is 23.8 Å². The Kier molecular flexibility index (Phi) is 7.42. The summed E-state index contributed by atoms with van der Waals surface area (Å²) in [5, 5.41) is 20.5. The molecular weight excluding hydrogens is 484 g/mol. The predicted molar refractivity (Wildman–Crippen MR) is 125 cm³/mol. The van der Waals surface area contributed by atoms with Gasteiger partial charge >= 0.3 is 5.97 Å². The molecule has 8 nitrogen and oxygen atoms in total. The molecule has 1 aliphatic rings.